The van der Waals surface area contributed by atoms with E-state index in [0.29, 0.717) is 5.25 Å². The van der Waals surface area contributed by atoms with Gasteiger partial charge in [0.05, 0.1) is 12.6 Å². The molecule has 1 aliphatic rings. The summed E-state index contributed by atoms with van der Waals surface area (Å²) in [5.41, 5.74) is 5.97. The largest absolute Gasteiger partial charge is 0.496 e. The number of nitrogens with two attached hydrogens (primary N) is 1. The first kappa shape index (κ1) is 10.9. The normalized spacial score (nSPS) is 20.7. The summed E-state index contributed by atoms with van der Waals surface area (Å²) in [5.74, 6) is 1.97. The lowest BCUT2D eigenvalue weighted by atomic mass is 10.3. The Morgan fingerprint density at radius 1 is 1.69 bits per heavy atom. The molecule has 3 heteroatoms. The van der Waals surface area contributed by atoms with Crippen LogP contribution >= 0.6 is 11.8 Å². The molecule has 0 saturated carbocycles. The van der Waals surface area contributed by atoms with Crippen LogP contribution in [0.1, 0.15) is 26.7 Å². The molecular weight excluding hydrogens is 182 g/mol. The van der Waals surface area contributed by atoms with Gasteiger partial charge in [-0.1, -0.05) is 13.8 Å². The Morgan fingerprint density at radius 2 is 2.46 bits per heavy atom. The van der Waals surface area contributed by atoms with E-state index in [-0.39, 0.29) is 6.04 Å². The highest BCUT2D eigenvalue weighted by atomic mass is 32.2. The highest BCUT2D eigenvalue weighted by molar-refractivity contribution is 7.99. The van der Waals surface area contributed by atoms with Crippen molar-refractivity contribution in [2.75, 3.05) is 12.4 Å². The minimum Gasteiger partial charge on any atom is -0.496 e. The van der Waals surface area contributed by atoms with Crippen LogP contribution < -0.4 is 5.73 Å². The van der Waals surface area contributed by atoms with Crippen LogP contribution in [0.4, 0.5) is 0 Å². The van der Waals surface area contributed by atoms with E-state index in [1.807, 2.05) is 11.8 Å². The van der Waals surface area contributed by atoms with Crippen molar-refractivity contribution in [1.82, 2.24) is 0 Å². The molecule has 0 bridgehead atoms. The topological polar surface area (TPSA) is 35.2 Å². The summed E-state index contributed by atoms with van der Waals surface area (Å²) >= 11 is 1.93. The van der Waals surface area contributed by atoms with Crippen LogP contribution in [0.5, 0.6) is 0 Å². The third kappa shape index (κ3) is 3.61. The maximum absolute atomic E-state index is 5.97. The molecule has 0 saturated heterocycles. The molecule has 0 spiro atoms. The van der Waals surface area contributed by atoms with Crippen LogP contribution in [0.15, 0.2) is 11.8 Å². The van der Waals surface area contributed by atoms with Gasteiger partial charge in [-0.05, 0) is 12.5 Å². The van der Waals surface area contributed by atoms with Crippen molar-refractivity contribution < 1.29 is 4.74 Å². The van der Waals surface area contributed by atoms with Crippen molar-refractivity contribution >= 4 is 11.8 Å². The molecule has 2 unspecified atom stereocenters. The van der Waals surface area contributed by atoms with E-state index in [1.54, 1.807) is 0 Å². The van der Waals surface area contributed by atoms with Crippen LogP contribution in [-0.4, -0.2) is 23.7 Å². The monoisotopic (exact) mass is 201 g/mol. The van der Waals surface area contributed by atoms with Gasteiger partial charge in [0.25, 0.3) is 0 Å². The second kappa shape index (κ2) is 5.55. The predicted molar refractivity (Wildman–Crippen MR) is 58.8 cm³/mol. The molecule has 0 aliphatic carbocycles. The van der Waals surface area contributed by atoms with Gasteiger partial charge in [-0.3, -0.25) is 0 Å². The highest BCUT2D eigenvalue weighted by Crippen LogP contribution is 2.19. The maximum atomic E-state index is 5.97. The minimum absolute atomic E-state index is 0.0986. The Balaban J connectivity index is 2.20. The fraction of sp³-hybridized carbons (Fsp3) is 0.800. The number of rotatable bonds is 5. The van der Waals surface area contributed by atoms with Crippen LogP contribution in [0.3, 0.4) is 0 Å². The third-order valence-corrected chi connectivity index (χ3v) is 3.69. The summed E-state index contributed by atoms with van der Waals surface area (Å²) in [5, 5.41) is 0.702. The molecule has 0 aromatic heterocycles. The van der Waals surface area contributed by atoms with Gasteiger partial charge in [0, 0.05) is 17.4 Å². The maximum Gasteiger partial charge on any atom is 0.110 e. The van der Waals surface area contributed by atoms with E-state index in [1.165, 1.54) is 6.42 Å². The molecule has 2 nitrogen and oxygen atoms in total. The molecule has 0 amide bonds. The quantitative estimate of drug-likeness (QED) is 0.740. The average Bonchev–Trinajstić information content (AvgIpc) is 2.66. The first-order valence-electron chi connectivity index (χ1n) is 4.94. The molecule has 2 atom stereocenters. The molecule has 1 heterocycles. The first-order valence-corrected chi connectivity index (χ1v) is 5.99. The van der Waals surface area contributed by atoms with Crippen LogP contribution in [0.2, 0.25) is 0 Å². The molecule has 0 fully saturated rings. The zero-order chi connectivity index (χ0) is 9.68. The molecule has 0 aromatic carbocycles. The molecule has 13 heavy (non-hydrogen) atoms. The Kier molecular flexibility index (Phi) is 4.67. The first-order chi connectivity index (χ1) is 6.24. The third-order valence-electron chi connectivity index (χ3n) is 2.23. The second-order valence-corrected chi connectivity index (χ2v) is 4.87. The lowest BCUT2D eigenvalue weighted by molar-refractivity contribution is 0.228. The second-order valence-electron chi connectivity index (χ2n) is 3.40. The molecule has 2 N–H and O–H groups in total. The smallest absolute Gasteiger partial charge is 0.110 e. The molecule has 1 aliphatic heterocycles. The van der Waals surface area contributed by atoms with Crippen LogP contribution in [0.25, 0.3) is 0 Å². The van der Waals surface area contributed by atoms with E-state index in [9.17, 15) is 0 Å². The summed E-state index contributed by atoms with van der Waals surface area (Å²) in [6, 6.07) is 0.0986. The lowest BCUT2D eigenvalue weighted by Crippen LogP contribution is -2.26. The van der Waals surface area contributed by atoms with Gasteiger partial charge >= 0.3 is 0 Å². The number of thioether (sulfide) groups is 1. The Hall–Kier alpha value is -0.150. The SMILES string of the molecule is CCC(C)SCC(N)C1=CCCO1. The standard InChI is InChI=1S/C10H19NOS/c1-3-8(2)13-7-9(11)10-5-4-6-12-10/h5,8-9H,3-4,6-7,11H2,1-2H3. The Morgan fingerprint density at radius 3 is 3.00 bits per heavy atom. The van der Waals surface area contributed by atoms with Gasteiger partial charge in [-0.2, -0.15) is 11.8 Å². The molecule has 1 rings (SSSR count). The van der Waals surface area contributed by atoms with Gasteiger partial charge in [0.15, 0.2) is 0 Å². The number of ether oxygens (including phenoxy) is 1. The fourth-order valence-corrected chi connectivity index (χ4v) is 2.10. The van der Waals surface area contributed by atoms with Gasteiger partial charge in [-0.15, -0.1) is 0 Å². The van der Waals surface area contributed by atoms with Crippen molar-refractivity contribution in [3.05, 3.63) is 11.8 Å². The molecule has 0 radical (unpaired) electrons. The van der Waals surface area contributed by atoms with E-state index in [2.05, 4.69) is 19.9 Å². The van der Waals surface area contributed by atoms with Crippen LogP contribution in [0, 0.1) is 0 Å². The molecule has 0 aromatic rings. The minimum atomic E-state index is 0.0986. The summed E-state index contributed by atoms with van der Waals surface area (Å²) in [6.07, 6.45) is 4.34. The number of hydrogen-bond donors (Lipinski definition) is 1. The zero-order valence-corrected chi connectivity index (χ0v) is 9.27. The molecular formula is C10H19NOS. The van der Waals surface area contributed by atoms with E-state index in [0.717, 1.165) is 24.5 Å². The predicted octanol–water partition coefficient (Wildman–Crippen LogP) is 2.15. The fourth-order valence-electron chi connectivity index (χ4n) is 1.16. The van der Waals surface area contributed by atoms with E-state index >= 15 is 0 Å². The van der Waals surface area contributed by atoms with Crippen molar-refractivity contribution in [2.24, 2.45) is 5.73 Å². The highest BCUT2D eigenvalue weighted by Gasteiger charge is 2.15. The lowest BCUT2D eigenvalue weighted by Gasteiger charge is -2.15. The summed E-state index contributed by atoms with van der Waals surface area (Å²) in [6.45, 7) is 5.26. The van der Waals surface area contributed by atoms with E-state index < -0.39 is 0 Å². The van der Waals surface area contributed by atoms with Crippen molar-refractivity contribution in [2.45, 2.75) is 38.0 Å². The summed E-state index contributed by atoms with van der Waals surface area (Å²) in [4.78, 5) is 0. The van der Waals surface area contributed by atoms with Crippen LogP contribution in [-0.2, 0) is 4.74 Å². The number of hydrogen-bond acceptors (Lipinski definition) is 3. The average molecular weight is 201 g/mol. The van der Waals surface area contributed by atoms with Crippen molar-refractivity contribution in [3.8, 4) is 0 Å². The Labute approximate surface area is 84.9 Å². The zero-order valence-electron chi connectivity index (χ0n) is 8.45. The summed E-state index contributed by atoms with van der Waals surface area (Å²) in [7, 11) is 0. The molecule has 76 valence electrons. The van der Waals surface area contributed by atoms with Crippen molar-refractivity contribution in [3.63, 3.8) is 0 Å². The van der Waals surface area contributed by atoms with Gasteiger partial charge in [0.1, 0.15) is 5.76 Å². The Bertz CT molecular complexity index is 182. The van der Waals surface area contributed by atoms with E-state index in [4.69, 9.17) is 10.5 Å². The van der Waals surface area contributed by atoms with Gasteiger partial charge < -0.3 is 10.5 Å². The van der Waals surface area contributed by atoms with Crippen molar-refractivity contribution in [1.29, 1.82) is 0 Å². The summed E-state index contributed by atoms with van der Waals surface area (Å²) < 4.78 is 5.40. The van der Waals surface area contributed by atoms with Gasteiger partial charge in [0.2, 0.25) is 0 Å². The van der Waals surface area contributed by atoms with Gasteiger partial charge in [-0.25, -0.2) is 0 Å².